The van der Waals surface area contributed by atoms with Gasteiger partial charge in [0.25, 0.3) is 5.91 Å². The summed E-state index contributed by atoms with van der Waals surface area (Å²) >= 11 is 0. The second kappa shape index (κ2) is 5.20. The molecule has 0 spiro atoms. The van der Waals surface area contributed by atoms with Crippen molar-refractivity contribution < 1.29 is 14.7 Å². The van der Waals surface area contributed by atoms with E-state index in [-0.39, 0.29) is 18.2 Å². The van der Waals surface area contributed by atoms with Crippen molar-refractivity contribution in [2.24, 2.45) is 13.0 Å². The monoisotopic (exact) mass is 251 g/mol. The van der Waals surface area contributed by atoms with E-state index in [4.69, 9.17) is 5.11 Å². The molecule has 1 fully saturated rings. The SMILES string of the molecule is Cn1nccc1C(=O)N1CCC(CC(=O)O)CC1. The Morgan fingerprint density at radius 3 is 2.61 bits per heavy atom. The molecule has 6 heteroatoms. The van der Waals surface area contributed by atoms with Crippen molar-refractivity contribution in [2.45, 2.75) is 19.3 Å². The van der Waals surface area contributed by atoms with Crippen LogP contribution in [0.5, 0.6) is 0 Å². The van der Waals surface area contributed by atoms with Crippen molar-refractivity contribution in [1.82, 2.24) is 14.7 Å². The number of carbonyl (C=O) groups is 2. The predicted molar refractivity (Wildman–Crippen MR) is 64.1 cm³/mol. The molecule has 0 radical (unpaired) electrons. The summed E-state index contributed by atoms with van der Waals surface area (Å²) in [5, 5.41) is 12.7. The molecule has 2 rings (SSSR count). The van der Waals surface area contributed by atoms with Crippen LogP contribution in [-0.4, -0.2) is 44.8 Å². The van der Waals surface area contributed by atoms with Crippen LogP contribution in [0.4, 0.5) is 0 Å². The van der Waals surface area contributed by atoms with Crippen LogP contribution in [0, 0.1) is 5.92 Å². The second-order valence-corrected chi connectivity index (χ2v) is 4.67. The number of aryl methyl sites for hydroxylation is 1. The number of likely N-dealkylation sites (tertiary alicyclic amines) is 1. The number of carbonyl (C=O) groups excluding carboxylic acids is 1. The number of nitrogens with zero attached hydrogens (tertiary/aromatic N) is 3. The van der Waals surface area contributed by atoms with Gasteiger partial charge in [-0.25, -0.2) is 0 Å². The summed E-state index contributed by atoms with van der Waals surface area (Å²) in [6.45, 7) is 1.25. The summed E-state index contributed by atoms with van der Waals surface area (Å²) in [5.41, 5.74) is 0.576. The average molecular weight is 251 g/mol. The molecule has 0 aromatic carbocycles. The topological polar surface area (TPSA) is 75.4 Å². The van der Waals surface area contributed by atoms with Gasteiger partial charge in [-0.1, -0.05) is 0 Å². The lowest BCUT2D eigenvalue weighted by Gasteiger charge is -2.31. The van der Waals surface area contributed by atoms with Crippen LogP contribution in [0.15, 0.2) is 12.3 Å². The summed E-state index contributed by atoms with van der Waals surface area (Å²) in [6, 6.07) is 1.70. The first kappa shape index (κ1) is 12.6. The molecule has 98 valence electrons. The fourth-order valence-corrected chi connectivity index (χ4v) is 2.33. The Labute approximate surface area is 105 Å². The van der Waals surface area contributed by atoms with E-state index < -0.39 is 5.97 Å². The molecular formula is C12H17N3O3. The fourth-order valence-electron chi connectivity index (χ4n) is 2.33. The molecule has 0 atom stereocenters. The average Bonchev–Trinajstić information content (AvgIpc) is 2.75. The van der Waals surface area contributed by atoms with Crippen LogP contribution in [0.25, 0.3) is 0 Å². The van der Waals surface area contributed by atoms with Crippen LogP contribution in [0.1, 0.15) is 29.8 Å². The Hall–Kier alpha value is -1.85. The number of hydrogen-bond donors (Lipinski definition) is 1. The van der Waals surface area contributed by atoms with E-state index in [2.05, 4.69) is 5.10 Å². The first-order chi connectivity index (χ1) is 8.58. The highest BCUT2D eigenvalue weighted by atomic mass is 16.4. The lowest BCUT2D eigenvalue weighted by atomic mass is 9.93. The molecule has 1 N–H and O–H groups in total. The summed E-state index contributed by atoms with van der Waals surface area (Å²) in [6.07, 6.45) is 3.32. The number of aromatic nitrogens is 2. The molecule has 0 aliphatic carbocycles. The Balaban J connectivity index is 1.92. The minimum Gasteiger partial charge on any atom is -0.481 e. The number of rotatable bonds is 3. The molecule has 1 amide bonds. The molecule has 1 aliphatic heterocycles. The Morgan fingerprint density at radius 1 is 1.44 bits per heavy atom. The minimum atomic E-state index is -0.758. The molecule has 18 heavy (non-hydrogen) atoms. The fraction of sp³-hybridized carbons (Fsp3) is 0.583. The zero-order valence-electron chi connectivity index (χ0n) is 10.4. The maximum absolute atomic E-state index is 12.2. The number of piperidine rings is 1. The van der Waals surface area contributed by atoms with E-state index in [0.29, 0.717) is 18.8 Å². The first-order valence-electron chi connectivity index (χ1n) is 6.07. The Kier molecular flexibility index (Phi) is 3.64. The van der Waals surface area contributed by atoms with Gasteiger partial charge in [0, 0.05) is 32.8 Å². The van der Waals surface area contributed by atoms with Crippen molar-refractivity contribution in [2.75, 3.05) is 13.1 Å². The smallest absolute Gasteiger partial charge is 0.303 e. The summed E-state index contributed by atoms with van der Waals surface area (Å²) < 4.78 is 1.56. The van der Waals surface area contributed by atoms with Gasteiger partial charge in [0.1, 0.15) is 5.69 Å². The van der Waals surface area contributed by atoms with Crippen molar-refractivity contribution >= 4 is 11.9 Å². The molecule has 2 heterocycles. The quantitative estimate of drug-likeness (QED) is 0.860. The lowest BCUT2D eigenvalue weighted by Crippen LogP contribution is -2.39. The van der Waals surface area contributed by atoms with Crippen molar-refractivity contribution in [1.29, 1.82) is 0 Å². The molecule has 1 aromatic heterocycles. The molecule has 0 bridgehead atoms. The van der Waals surface area contributed by atoms with Crippen molar-refractivity contribution in [3.05, 3.63) is 18.0 Å². The third-order valence-electron chi connectivity index (χ3n) is 3.41. The van der Waals surface area contributed by atoms with Gasteiger partial charge in [-0.2, -0.15) is 5.10 Å². The number of amides is 1. The van der Waals surface area contributed by atoms with Gasteiger partial charge in [0.15, 0.2) is 0 Å². The first-order valence-corrected chi connectivity index (χ1v) is 6.07. The number of carboxylic acid groups (broad SMARTS) is 1. The van der Waals surface area contributed by atoms with Crippen LogP contribution < -0.4 is 0 Å². The minimum absolute atomic E-state index is 0.0243. The lowest BCUT2D eigenvalue weighted by molar-refractivity contribution is -0.138. The van der Waals surface area contributed by atoms with Gasteiger partial charge < -0.3 is 10.0 Å². The maximum Gasteiger partial charge on any atom is 0.303 e. The Bertz CT molecular complexity index is 447. The predicted octanol–water partition coefficient (Wildman–Crippen LogP) is 0.747. The molecule has 0 saturated carbocycles. The van der Waals surface area contributed by atoms with E-state index >= 15 is 0 Å². The normalized spacial score (nSPS) is 16.8. The molecule has 1 saturated heterocycles. The second-order valence-electron chi connectivity index (χ2n) is 4.67. The molecule has 1 aromatic rings. The van der Waals surface area contributed by atoms with Crippen LogP contribution in [0.2, 0.25) is 0 Å². The van der Waals surface area contributed by atoms with Gasteiger partial charge in [0.2, 0.25) is 0 Å². The zero-order valence-corrected chi connectivity index (χ0v) is 10.4. The summed E-state index contributed by atoms with van der Waals surface area (Å²) in [4.78, 5) is 24.6. The highest BCUT2D eigenvalue weighted by molar-refractivity contribution is 5.92. The van der Waals surface area contributed by atoms with E-state index in [9.17, 15) is 9.59 Å². The third-order valence-corrected chi connectivity index (χ3v) is 3.41. The summed E-state index contributed by atoms with van der Waals surface area (Å²) in [5.74, 6) is -0.590. The highest BCUT2D eigenvalue weighted by Crippen LogP contribution is 2.21. The standard InChI is InChI=1S/C12H17N3O3/c1-14-10(2-5-13-14)12(18)15-6-3-9(4-7-15)8-11(16)17/h2,5,9H,3-4,6-8H2,1H3,(H,16,17). The maximum atomic E-state index is 12.2. The van der Waals surface area contributed by atoms with Crippen LogP contribution >= 0.6 is 0 Å². The van der Waals surface area contributed by atoms with E-state index in [1.54, 1.807) is 28.9 Å². The van der Waals surface area contributed by atoms with E-state index in [1.807, 2.05) is 0 Å². The number of aliphatic carboxylic acids is 1. The zero-order chi connectivity index (χ0) is 13.1. The molecule has 0 unspecified atom stereocenters. The van der Waals surface area contributed by atoms with Gasteiger partial charge in [0.05, 0.1) is 0 Å². The molecule has 6 nitrogen and oxygen atoms in total. The highest BCUT2D eigenvalue weighted by Gasteiger charge is 2.26. The third kappa shape index (κ3) is 2.69. The van der Waals surface area contributed by atoms with Crippen LogP contribution in [-0.2, 0) is 11.8 Å². The molecular weight excluding hydrogens is 234 g/mol. The van der Waals surface area contributed by atoms with Gasteiger partial charge in [-0.15, -0.1) is 0 Å². The van der Waals surface area contributed by atoms with Crippen LogP contribution in [0.3, 0.4) is 0 Å². The van der Waals surface area contributed by atoms with Gasteiger partial charge in [-0.05, 0) is 24.8 Å². The van der Waals surface area contributed by atoms with Crippen molar-refractivity contribution in [3.8, 4) is 0 Å². The number of carboxylic acids is 1. The Morgan fingerprint density at radius 2 is 2.11 bits per heavy atom. The van der Waals surface area contributed by atoms with E-state index in [0.717, 1.165) is 12.8 Å². The number of hydrogen-bond acceptors (Lipinski definition) is 3. The summed E-state index contributed by atoms with van der Waals surface area (Å²) in [7, 11) is 1.74. The van der Waals surface area contributed by atoms with E-state index in [1.165, 1.54) is 0 Å². The van der Waals surface area contributed by atoms with Gasteiger partial charge >= 0.3 is 5.97 Å². The van der Waals surface area contributed by atoms with Gasteiger partial charge in [-0.3, -0.25) is 14.3 Å². The molecule has 1 aliphatic rings. The van der Waals surface area contributed by atoms with Crippen molar-refractivity contribution in [3.63, 3.8) is 0 Å². The largest absolute Gasteiger partial charge is 0.481 e.